The van der Waals surface area contributed by atoms with E-state index in [1.165, 1.54) is 18.2 Å². The Hall–Kier alpha value is -2.01. The highest BCUT2D eigenvalue weighted by Gasteiger charge is 2.31. The molecule has 22 heavy (non-hydrogen) atoms. The molecule has 3 rings (SSSR count). The van der Waals surface area contributed by atoms with E-state index in [4.69, 9.17) is 12.2 Å². The van der Waals surface area contributed by atoms with Gasteiger partial charge in [-0.25, -0.2) is 8.78 Å². The van der Waals surface area contributed by atoms with Gasteiger partial charge in [-0.3, -0.25) is 0 Å². The van der Waals surface area contributed by atoms with Crippen molar-refractivity contribution in [1.82, 2.24) is 4.90 Å². The Morgan fingerprint density at radius 2 is 1.77 bits per heavy atom. The third kappa shape index (κ3) is 3.60. The summed E-state index contributed by atoms with van der Waals surface area (Å²) < 4.78 is 26.8. The van der Waals surface area contributed by atoms with Crippen LogP contribution in [0.3, 0.4) is 0 Å². The Morgan fingerprint density at radius 3 is 2.41 bits per heavy atom. The third-order valence-corrected chi connectivity index (χ3v) is 3.98. The smallest absolute Gasteiger partial charge is 0.173 e. The molecule has 1 saturated carbocycles. The van der Waals surface area contributed by atoms with Crippen molar-refractivity contribution in [3.63, 3.8) is 0 Å². The Balaban J connectivity index is 1.72. The highest BCUT2D eigenvalue weighted by Crippen LogP contribution is 2.29. The van der Waals surface area contributed by atoms with Gasteiger partial charge in [0.2, 0.25) is 0 Å². The molecule has 1 fully saturated rings. The molecule has 2 aromatic carbocycles. The molecule has 5 heteroatoms. The maximum atomic E-state index is 13.8. The number of nitrogens with one attached hydrogen (secondary N) is 1. The summed E-state index contributed by atoms with van der Waals surface area (Å²) in [6.07, 6.45) is 2.11. The van der Waals surface area contributed by atoms with E-state index in [-0.39, 0.29) is 11.6 Å². The number of anilines is 1. The fourth-order valence-electron chi connectivity index (χ4n) is 2.29. The van der Waals surface area contributed by atoms with E-state index in [0.717, 1.165) is 18.5 Å². The molecule has 0 atom stereocenters. The standard InChI is InChI=1S/C17H16F2N2S/c18-13-5-7-14(8-6-13)20-17(22)21(15-9-10-15)11-12-3-1-2-4-16(12)19/h1-8,15H,9-11H2,(H,20,22). The second-order valence-corrected chi connectivity index (χ2v) is 5.77. The molecule has 0 unspecified atom stereocenters. The average molecular weight is 318 g/mol. The van der Waals surface area contributed by atoms with Crippen molar-refractivity contribution < 1.29 is 8.78 Å². The lowest BCUT2D eigenvalue weighted by Crippen LogP contribution is -2.36. The van der Waals surface area contributed by atoms with Crippen LogP contribution in [0, 0.1) is 11.6 Å². The van der Waals surface area contributed by atoms with Crippen LogP contribution in [-0.4, -0.2) is 16.1 Å². The maximum absolute atomic E-state index is 13.8. The maximum Gasteiger partial charge on any atom is 0.173 e. The first-order valence-electron chi connectivity index (χ1n) is 7.20. The van der Waals surface area contributed by atoms with E-state index >= 15 is 0 Å². The molecule has 0 aromatic heterocycles. The van der Waals surface area contributed by atoms with Crippen LogP contribution >= 0.6 is 12.2 Å². The van der Waals surface area contributed by atoms with Gasteiger partial charge < -0.3 is 10.2 Å². The zero-order valence-electron chi connectivity index (χ0n) is 11.9. The van der Waals surface area contributed by atoms with Gasteiger partial charge in [-0.05, 0) is 55.4 Å². The minimum atomic E-state index is -0.290. The highest BCUT2D eigenvalue weighted by molar-refractivity contribution is 7.80. The van der Waals surface area contributed by atoms with Gasteiger partial charge in [-0.1, -0.05) is 18.2 Å². The lowest BCUT2D eigenvalue weighted by atomic mass is 10.2. The van der Waals surface area contributed by atoms with Crippen LogP contribution in [0.5, 0.6) is 0 Å². The van der Waals surface area contributed by atoms with Crippen molar-refractivity contribution >= 4 is 23.0 Å². The second kappa shape index (κ2) is 6.40. The number of benzene rings is 2. The van der Waals surface area contributed by atoms with Crippen LogP contribution in [0.1, 0.15) is 18.4 Å². The number of rotatable bonds is 4. The monoisotopic (exact) mass is 318 g/mol. The fraction of sp³-hybridized carbons (Fsp3) is 0.235. The molecule has 2 aromatic rings. The molecule has 0 radical (unpaired) electrons. The summed E-state index contributed by atoms with van der Waals surface area (Å²) in [5.74, 6) is -0.514. The quantitative estimate of drug-likeness (QED) is 0.845. The van der Waals surface area contributed by atoms with Crippen LogP contribution in [0.15, 0.2) is 48.5 Å². The highest BCUT2D eigenvalue weighted by atomic mass is 32.1. The Bertz CT molecular complexity index is 669. The molecular weight excluding hydrogens is 302 g/mol. The number of hydrogen-bond donors (Lipinski definition) is 1. The second-order valence-electron chi connectivity index (χ2n) is 5.39. The predicted molar refractivity (Wildman–Crippen MR) is 87.6 cm³/mol. The van der Waals surface area contributed by atoms with Crippen LogP contribution in [0.2, 0.25) is 0 Å². The van der Waals surface area contributed by atoms with Crippen molar-refractivity contribution in [2.75, 3.05) is 5.32 Å². The number of nitrogens with zero attached hydrogens (tertiary/aromatic N) is 1. The molecule has 0 heterocycles. The first-order chi connectivity index (χ1) is 10.6. The van der Waals surface area contributed by atoms with Crippen LogP contribution < -0.4 is 5.32 Å². The first-order valence-corrected chi connectivity index (χ1v) is 7.61. The normalized spacial score (nSPS) is 13.7. The molecule has 0 aliphatic heterocycles. The van der Waals surface area contributed by atoms with E-state index in [2.05, 4.69) is 5.32 Å². The summed E-state index contributed by atoms with van der Waals surface area (Å²) >= 11 is 5.45. The van der Waals surface area contributed by atoms with Crippen molar-refractivity contribution in [1.29, 1.82) is 0 Å². The summed E-state index contributed by atoms with van der Waals surface area (Å²) in [7, 11) is 0. The van der Waals surface area contributed by atoms with E-state index in [9.17, 15) is 8.78 Å². The minimum Gasteiger partial charge on any atom is -0.342 e. The minimum absolute atomic E-state index is 0.224. The molecule has 2 nitrogen and oxygen atoms in total. The summed E-state index contributed by atoms with van der Waals surface area (Å²) in [6.45, 7) is 0.435. The van der Waals surface area contributed by atoms with Gasteiger partial charge in [-0.2, -0.15) is 0 Å². The summed E-state index contributed by atoms with van der Waals surface area (Å²) in [6, 6.07) is 13.1. The Labute approximate surface area is 133 Å². The number of halogens is 2. The van der Waals surface area contributed by atoms with Crippen molar-refractivity contribution in [2.24, 2.45) is 0 Å². The lowest BCUT2D eigenvalue weighted by molar-refractivity contribution is 0.400. The van der Waals surface area contributed by atoms with Crippen molar-refractivity contribution in [3.8, 4) is 0 Å². The number of thiocarbonyl (C=S) groups is 1. The van der Waals surface area contributed by atoms with E-state index < -0.39 is 0 Å². The average Bonchev–Trinajstić information content (AvgIpc) is 3.33. The van der Waals surface area contributed by atoms with Gasteiger partial charge in [0.15, 0.2) is 5.11 Å². The number of hydrogen-bond acceptors (Lipinski definition) is 1. The van der Waals surface area contributed by atoms with Gasteiger partial charge in [0.25, 0.3) is 0 Å². The largest absolute Gasteiger partial charge is 0.342 e. The third-order valence-electron chi connectivity index (χ3n) is 3.64. The molecule has 1 aliphatic carbocycles. The van der Waals surface area contributed by atoms with Gasteiger partial charge in [0, 0.05) is 23.8 Å². The zero-order chi connectivity index (χ0) is 15.5. The van der Waals surface area contributed by atoms with Crippen LogP contribution in [0.4, 0.5) is 14.5 Å². The SMILES string of the molecule is Fc1ccc(NC(=S)N(Cc2ccccc2F)C2CC2)cc1. The summed E-state index contributed by atoms with van der Waals surface area (Å²) in [4.78, 5) is 2.00. The molecule has 1 aliphatic rings. The molecular formula is C17H16F2N2S. The lowest BCUT2D eigenvalue weighted by Gasteiger charge is -2.26. The van der Waals surface area contributed by atoms with E-state index in [1.54, 1.807) is 24.3 Å². The molecule has 0 saturated heterocycles. The van der Waals surface area contributed by atoms with E-state index in [1.807, 2.05) is 11.0 Å². The molecule has 0 spiro atoms. The van der Waals surface area contributed by atoms with E-state index in [0.29, 0.717) is 23.3 Å². The van der Waals surface area contributed by atoms with Gasteiger partial charge in [-0.15, -0.1) is 0 Å². The first kappa shape index (κ1) is 14.9. The zero-order valence-corrected chi connectivity index (χ0v) is 12.7. The van der Waals surface area contributed by atoms with Crippen LogP contribution in [-0.2, 0) is 6.54 Å². The summed E-state index contributed by atoms with van der Waals surface area (Å²) in [5.41, 5.74) is 1.35. The van der Waals surface area contributed by atoms with Gasteiger partial charge in [0.05, 0.1) is 0 Å². The molecule has 0 amide bonds. The Kier molecular flexibility index (Phi) is 4.34. The Morgan fingerprint density at radius 1 is 1.09 bits per heavy atom. The molecule has 114 valence electrons. The van der Waals surface area contributed by atoms with Crippen molar-refractivity contribution in [3.05, 3.63) is 65.7 Å². The van der Waals surface area contributed by atoms with Crippen LogP contribution in [0.25, 0.3) is 0 Å². The van der Waals surface area contributed by atoms with Gasteiger partial charge in [0.1, 0.15) is 11.6 Å². The molecule has 1 N–H and O–H groups in total. The van der Waals surface area contributed by atoms with Gasteiger partial charge >= 0.3 is 0 Å². The fourth-order valence-corrected chi connectivity index (χ4v) is 2.62. The predicted octanol–water partition coefficient (Wildman–Crippen LogP) is 4.33. The summed E-state index contributed by atoms with van der Waals surface area (Å²) in [5, 5.41) is 3.64. The molecule has 0 bridgehead atoms. The van der Waals surface area contributed by atoms with Crippen molar-refractivity contribution in [2.45, 2.75) is 25.4 Å². The topological polar surface area (TPSA) is 15.3 Å².